The highest BCUT2D eigenvalue weighted by atomic mass is 32.1. The van der Waals surface area contributed by atoms with E-state index in [-0.39, 0.29) is 18.4 Å². The minimum Gasteiger partial charge on any atom is -0.495 e. The van der Waals surface area contributed by atoms with E-state index in [2.05, 4.69) is 17.6 Å². The average Bonchev–Trinajstić information content (AvgIpc) is 3.24. The Morgan fingerprint density at radius 2 is 1.81 bits per heavy atom. The van der Waals surface area contributed by atoms with Crippen LogP contribution >= 0.6 is 11.3 Å². The van der Waals surface area contributed by atoms with Crippen molar-refractivity contribution in [1.82, 2.24) is 0 Å². The van der Waals surface area contributed by atoms with Gasteiger partial charge in [0.15, 0.2) is 6.61 Å². The minimum absolute atomic E-state index is 0.244. The molecular formula is C28H30N2O6S. The summed E-state index contributed by atoms with van der Waals surface area (Å²) in [6.07, 6.45) is 2.67. The van der Waals surface area contributed by atoms with E-state index >= 15 is 0 Å². The molecule has 0 spiro atoms. The molecule has 0 saturated heterocycles. The maximum atomic E-state index is 12.7. The second kappa shape index (κ2) is 11.5. The smallest absolute Gasteiger partial charge is 0.341 e. The van der Waals surface area contributed by atoms with Crippen LogP contribution in [0.15, 0.2) is 42.5 Å². The van der Waals surface area contributed by atoms with Gasteiger partial charge < -0.3 is 24.8 Å². The van der Waals surface area contributed by atoms with Gasteiger partial charge in [-0.25, -0.2) is 4.79 Å². The summed E-state index contributed by atoms with van der Waals surface area (Å²) in [5.74, 6) is 0.422. The Hall–Kier alpha value is -3.85. The van der Waals surface area contributed by atoms with E-state index in [1.807, 2.05) is 19.1 Å². The first-order chi connectivity index (χ1) is 17.8. The first-order valence-electron chi connectivity index (χ1n) is 12.0. The number of fused-ring (bicyclic) bond motifs is 1. The van der Waals surface area contributed by atoms with Crippen molar-refractivity contribution in [2.75, 3.05) is 31.5 Å². The topological polar surface area (TPSA) is 103 Å². The molecule has 1 heterocycles. The monoisotopic (exact) mass is 522 g/mol. The first-order valence-corrected chi connectivity index (χ1v) is 12.8. The molecule has 1 atom stereocenters. The summed E-state index contributed by atoms with van der Waals surface area (Å²) in [7, 11) is 2.89. The Balaban J connectivity index is 1.37. The standard InChI is InChI=1S/C28H30N2O6S/c1-16-6-12-22(34-3)21(13-16)29-26(32)18-7-9-19(10-8-18)36-15-24(31)30-27-25(28(33)35-4)20-11-5-17(2)14-23(20)37-27/h6-10,12-13,17H,5,11,14-15H2,1-4H3,(H,29,32)(H,30,31). The lowest BCUT2D eigenvalue weighted by molar-refractivity contribution is -0.118. The number of thiophene rings is 1. The van der Waals surface area contributed by atoms with Crippen LogP contribution in [-0.4, -0.2) is 38.6 Å². The number of methoxy groups -OCH3 is 2. The Morgan fingerprint density at radius 3 is 2.51 bits per heavy atom. The quantitative estimate of drug-likeness (QED) is 0.392. The number of carbonyl (C=O) groups excluding carboxylic acids is 3. The largest absolute Gasteiger partial charge is 0.495 e. The molecule has 8 nitrogen and oxygen atoms in total. The van der Waals surface area contributed by atoms with Crippen LogP contribution in [0.1, 0.15) is 50.1 Å². The fourth-order valence-corrected chi connectivity index (χ4v) is 5.70. The molecule has 2 aromatic carbocycles. The molecule has 0 aliphatic heterocycles. The SMILES string of the molecule is COC(=O)c1c(NC(=O)COc2ccc(C(=O)Nc3cc(C)ccc3OC)cc2)sc2c1CCC(C)C2. The van der Waals surface area contributed by atoms with E-state index in [9.17, 15) is 14.4 Å². The fraction of sp³-hybridized carbons (Fsp3) is 0.321. The molecule has 1 aliphatic rings. The van der Waals surface area contributed by atoms with Gasteiger partial charge in [-0.2, -0.15) is 0 Å². The lowest BCUT2D eigenvalue weighted by Gasteiger charge is -2.18. The van der Waals surface area contributed by atoms with Crippen LogP contribution in [0.4, 0.5) is 10.7 Å². The van der Waals surface area contributed by atoms with E-state index in [0.29, 0.717) is 39.2 Å². The maximum Gasteiger partial charge on any atom is 0.341 e. The number of rotatable bonds is 8. The summed E-state index contributed by atoms with van der Waals surface area (Å²) in [6.45, 7) is 3.87. The molecule has 194 valence electrons. The Bertz CT molecular complexity index is 1310. The highest BCUT2D eigenvalue weighted by Gasteiger charge is 2.29. The number of hydrogen-bond donors (Lipinski definition) is 2. The van der Waals surface area contributed by atoms with Crippen LogP contribution in [0.2, 0.25) is 0 Å². The van der Waals surface area contributed by atoms with Gasteiger partial charge >= 0.3 is 5.97 Å². The second-order valence-electron chi connectivity index (χ2n) is 9.07. The van der Waals surface area contributed by atoms with E-state index < -0.39 is 5.97 Å². The molecule has 0 bridgehead atoms. The van der Waals surface area contributed by atoms with E-state index in [4.69, 9.17) is 14.2 Å². The van der Waals surface area contributed by atoms with Crippen molar-refractivity contribution < 1.29 is 28.6 Å². The molecule has 4 rings (SSSR count). The van der Waals surface area contributed by atoms with Crippen LogP contribution in [0.3, 0.4) is 0 Å². The number of ether oxygens (including phenoxy) is 3. The molecule has 1 aliphatic carbocycles. The van der Waals surface area contributed by atoms with Gasteiger partial charge in [-0.3, -0.25) is 9.59 Å². The highest BCUT2D eigenvalue weighted by molar-refractivity contribution is 7.17. The van der Waals surface area contributed by atoms with Crippen molar-refractivity contribution in [3.63, 3.8) is 0 Å². The van der Waals surface area contributed by atoms with Crippen molar-refractivity contribution in [3.05, 3.63) is 69.6 Å². The number of amides is 2. The highest BCUT2D eigenvalue weighted by Crippen LogP contribution is 2.40. The number of nitrogens with one attached hydrogen (secondary N) is 2. The van der Waals surface area contributed by atoms with Gasteiger partial charge in [-0.05, 0) is 79.6 Å². The van der Waals surface area contributed by atoms with Crippen molar-refractivity contribution in [2.45, 2.75) is 33.1 Å². The van der Waals surface area contributed by atoms with Gasteiger partial charge in [0.25, 0.3) is 11.8 Å². The van der Waals surface area contributed by atoms with Crippen molar-refractivity contribution >= 4 is 39.8 Å². The summed E-state index contributed by atoms with van der Waals surface area (Å²) in [5.41, 5.74) is 3.43. The average molecular weight is 523 g/mol. The van der Waals surface area contributed by atoms with Gasteiger partial charge in [0.1, 0.15) is 16.5 Å². The molecule has 2 N–H and O–H groups in total. The molecule has 37 heavy (non-hydrogen) atoms. The van der Waals surface area contributed by atoms with E-state index in [1.165, 1.54) is 18.4 Å². The van der Waals surface area contributed by atoms with Gasteiger partial charge in [0, 0.05) is 10.4 Å². The fourth-order valence-electron chi connectivity index (χ4n) is 4.28. The predicted molar refractivity (Wildman–Crippen MR) is 143 cm³/mol. The normalized spacial score (nSPS) is 14.3. The number of esters is 1. The predicted octanol–water partition coefficient (Wildman–Crippen LogP) is 5.25. The van der Waals surface area contributed by atoms with Crippen LogP contribution < -0.4 is 20.1 Å². The van der Waals surface area contributed by atoms with Gasteiger partial charge in [-0.15, -0.1) is 11.3 Å². The first kappa shape index (κ1) is 26.2. The molecule has 0 radical (unpaired) electrons. The van der Waals surface area contributed by atoms with Crippen LogP contribution in [0.5, 0.6) is 11.5 Å². The number of benzene rings is 2. The third kappa shape index (κ3) is 6.11. The molecule has 0 fully saturated rings. The number of anilines is 2. The summed E-state index contributed by atoms with van der Waals surface area (Å²) in [4.78, 5) is 38.9. The van der Waals surface area contributed by atoms with Gasteiger partial charge in [0.2, 0.25) is 0 Å². The minimum atomic E-state index is -0.444. The number of hydrogen-bond acceptors (Lipinski definition) is 7. The second-order valence-corrected chi connectivity index (χ2v) is 10.2. The molecule has 1 aromatic heterocycles. The zero-order valence-corrected chi connectivity index (χ0v) is 22.1. The third-order valence-corrected chi connectivity index (χ3v) is 7.41. The molecule has 3 aromatic rings. The number of carbonyl (C=O) groups is 3. The lowest BCUT2D eigenvalue weighted by atomic mass is 9.88. The Labute approximate surface area is 219 Å². The summed E-state index contributed by atoms with van der Waals surface area (Å²) < 4.78 is 15.9. The van der Waals surface area contributed by atoms with Gasteiger partial charge in [-0.1, -0.05) is 13.0 Å². The molecule has 2 amide bonds. The van der Waals surface area contributed by atoms with E-state index in [0.717, 1.165) is 35.3 Å². The van der Waals surface area contributed by atoms with Crippen molar-refractivity contribution in [1.29, 1.82) is 0 Å². The number of aryl methyl sites for hydroxylation is 1. The van der Waals surface area contributed by atoms with Crippen molar-refractivity contribution in [2.24, 2.45) is 5.92 Å². The molecule has 1 unspecified atom stereocenters. The molecule has 9 heteroatoms. The maximum absolute atomic E-state index is 12.7. The molecule has 0 saturated carbocycles. The molecular weight excluding hydrogens is 492 g/mol. The zero-order chi connectivity index (χ0) is 26.5. The Morgan fingerprint density at radius 1 is 1.05 bits per heavy atom. The third-order valence-electron chi connectivity index (χ3n) is 6.24. The zero-order valence-electron chi connectivity index (χ0n) is 21.3. The van der Waals surface area contributed by atoms with Crippen LogP contribution in [0.25, 0.3) is 0 Å². The summed E-state index contributed by atoms with van der Waals surface area (Å²) in [6, 6.07) is 12.0. The summed E-state index contributed by atoms with van der Waals surface area (Å²) in [5, 5.41) is 6.17. The van der Waals surface area contributed by atoms with Crippen LogP contribution in [0, 0.1) is 12.8 Å². The lowest BCUT2D eigenvalue weighted by Crippen LogP contribution is -2.21. The Kier molecular flexibility index (Phi) is 8.13. The van der Waals surface area contributed by atoms with Crippen LogP contribution in [-0.2, 0) is 22.4 Å². The summed E-state index contributed by atoms with van der Waals surface area (Å²) >= 11 is 1.43. The van der Waals surface area contributed by atoms with Gasteiger partial charge in [0.05, 0.1) is 25.5 Å². The van der Waals surface area contributed by atoms with E-state index in [1.54, 1.807) is 37.4 Å². The van der Waals surface area contributed by atoms with Crippen molar-refractivity contribution in [3.8, 4) is 11.5 Å².